The predicted molar refractivity (Wildman–Crippen MR) is 52.0 cm³/mol. The molecule has 1 unspecified atom stereocenters. The summed E-state index contributed by atoms with van der Waals surface area (Å²) < 4.78 is 0.495. The molecule has 0 aromatic heterocycles. The van der Waals surface area contributed by atoms with Gasteiger partial charge in [0.1, 0.15) is 0 Å². The van der Waals surface area contributed by atoms with E-state index in [1.54, 1.807) is 0 Å². The summed E-state index contributed by atoms with van der Waals surface area (Å²) in [4.78, 5) is 0. The van der Waals surface area contributed by atoms with Crippen molar-refractivity contribution in [2.45, 2.75) is 24.5 Å². The molecule has 1 aliphatic rings. The van der Waals surface area contributed by atoms with Crippen LogP contribution in [0.25, 0.3) is 0 Å². The summed E-state index contributed by atoms with van der Waals surface area (Å²) in [5.41, 5.74) is 5.39. The highest BCUT2D eigenvalue weighted by molar-refractivity contribution is 8.00. The maximum absolute atomic E-state index is 5.39. The molecular weight excluding hydrogens is 156 g/mol. The van der Waals surface area contributed by atoms with E-state index in [0.29, 0.717) is 4.75 Å². The first-order chi connectivity index (χ1) is 5.27. The van der Waals surface area contributed by atoms with Gasteiger partial charge in [-0.2, -0.15) is 11.8 Å². The quantitative estimate of drug-likeness (QED) is 0.620. The third-order valence-electron chi connectivity index (χ3n) is 2.12. The second-order valence-electron chi connectivity index (χ2n) is 3.37. The number of hydrogen-bond acceptors (Lipinski definition) is 3. The highest BCUT2D eigenvalue weighted by atomic mass is 32.2. The molecule has 1 atom stereocenters. The van der Waals surface area contributed by atoms with Gasteiger partial charge in [-0.25, -0.2) is 0 Å². The van der Waals surface area contributed by atoms with Crippen LogP contribution in [0.1, 0.15) is 19.8 Å². The predicted octanol–water partition coefficient (Wildman–Crippen LogP) is 0.820. The number of thioether (sulfide) groups is 1. The molecule has 66 valence electrons. The van der Waals surface area contributed by atoms with E-state index in [1.807, 2.05) is 0 Å². The van der Waals surface area contributed by atoms with Gasteiger partial charge in [0.2, 0.25) is 0 Å². The largest absolute Gasteiger partial charge is 0.329 e. The van der Waals surface area contributed by atoms with Crippen molar-refractivity contribution in [3.63, 3.8) is 0 Å². The minimum atomic E-state index is 0.495. The molecule has 11 heavy (non-hydrogen) atoms. The van der Waals surface area contributed by atoms with E-state index in [-0.39, 0.29) is 0 Å². The lowest BCUT2D eigenvalue weighted by atomic mass is 10.1. The second-order valence-corrected chi connectivity index (χ2v) is 5.05. The minimum absolute atomic E-state index is 0.495. The van der Waals surface area contributed by atoms with Gasteiger partial charge in [0, 0.05) is 24.4 Å². The highest BCUT2D eigenvalue weighted by Gasteiger charge is 2.28. The molecule has 0 aromatic rings. The fourth-order valence-electron chi connectivity index (χ4n) is 1.43. The minimum Gasteiger partial charge on any atom is -0.329 e. The first-order valence-electron chi connectivity index (χ1n) is 4.32. The normalized spacial score (nSPS) is 31.1. The molecule has 0 bridgehead atoms. The van der Waals surface area contributed by atoms with Crippen LogP contribution in [0.15, 0.2) is 0 Å². The third-order valence-corrected chi connectivity index (χ3v) is 3.66. The van der Waals surface area contributed by atoms with Crippen molar-refractivity contribution in [3.8, 4) is 0 Å². The lowest BCUT2D eigenvalue weighted by Crippen LogP contribution is -2.35. The molecule has 2 nitrogen and oxygen atoms in total. The van der Waals surface area contributed by atoms with Crippen LogP contribution in [-0.4, -0.2) is 30.1 Å². The average Bonchev–Trinajstić information content (AvgIpc) is 2.38. The fourth-order valence-corrected chi connectivity index (χ4v) is 2.71. The Morgan fingerprint density at radius 2 is 2.45 bits per heavy atom. The smallest absolute Gasteiger partial charge is 0.0256 e. The zero-order valence-corrected chi connectivity index (χ0v) is 8.04. The Hall–Kier alpha value is 0.270. The van der Waals surface area contributed by atoms with E-state index in [1.165, 1.54) is 18.6 Å². The summed E-state index contributed by atoms with van der Waals surface area (Å²) in [7, 11) is 0. The molecule has 1 heterocycles. The van der Waals surface area contributed by atoms with E-state index in [2.05, 4.69) is 24.0 Å². The average molecular weight is 174 g/mol. The van der Waals surface area contributed by atoms with Crippen LogP contribution < -0.4 is 11.1 Å². The van der Waals surface area contributed by atoms with Gasteiger partial charge in [-0.1, -0.05) is 0 Å². The summed E-state index contributed by atoms with van der Waals surface area (Å²) >= 11 is 2.09. The highest BCUT2D eigenvalue weighted by Crippen LogP contribution is 2.36. The molecule has 1 fully saturated rings. The van der Waals surface area contributed by atoms with Gasteiger partial charge < -0.3 is 11.1 Å². The SMILES string of the molecule is CC1(CNCCN)CCCS1. The topological polar surface area (TPSA) is 38.0 Å². The van der Waals surface area contributed by atoms with Crippen molar-refractivity contribution in [3.05, 3.63) is 0 Å². The molecular formula is C8H18N2S. The first kappa shape index (κ1) is 9.36. The summed E-state index contributed by atoms with van der Waals surface area (Å²) in [5.74, 6) is 1.33. The molecule has 0 saturated carbocycles. The van der Waals surface area contributed by atoms with Crippen molar-refractivity contribution >= 4 is 11.8 Å². The summed E-state index contributed by atoms with van der Waals surface area (Å²) in [6.45, 7) is 5.17. The molecule has 0 amide bonds. The van der Waals surface area contributed by atoms with Crippen molar-refractivity contribution in [2.75, 3.05) is 25.4 Å². The van der Waals surface area contributed by atoms with Gasteiger partial charge in [0.05, 0.1) is 0 Å². The van der Waals surface area contributed by atoms with Crippen molar-refractivity contribution < 1.29 is 0 Å². The van der Waals surface area contributed by atoms with E-state index in [4.69, 9.17) is 5.73 Å². The van der Waals surface area contributed by atoms with Gasteiger partial charge in [-0.05, 0) is 25.5 Å². The van der Waals surface area contributed by atoms with Gasteiger partial charge in [0.15, 0.2) is 0 Å². The Balaban J connectivity index is 2.13. The van der Waals surface area contributed by atoms with Crippen LogP contribution in [0.2, 0.25) is 0 Å². The summed E-state index contributed by atoms with van der Waals surface area (Å²) in [5, 5.41) is 3.37. The fraction of sp³-hybridized carbons (Fsp3) is 1.00. The number of nitrogens with two attached hydrogens (primary N) is 1. The van der Waals surface area contributed by atoms with Crippen LogP contribution in [0.4, 0.5) is 0 Å². The molecule has 0 aliphatic carbocycles. The van der Waals surface area contributed by atoms with E-state index >= 15 is 0 Å². The van der Waals surface area contributed by atoms with Crippen LogP contribution in [0.3, 0.4) is 0 Å². The number of nitrogens with one attached hydrogen (secondary N) is 1. The lowest BCUT2D eigenvalue weighted by Gasteiger charge is -2.22. The van der Waals surface area contributed by atoms with Gasteiger partial charge in [-0.15, -0.1) is 0 Å². The van der Waals surface area contributed by atoms with E-state index in [0.717, 1.165) is 19.6 Å². The van der Waals surface area contributed by atoms with Crippen molar-refractivity contribution in [2.24, 2.45) is 5.73 Å². The Morgan fingerprint density at radius 3 is 3.00 bits per heavy atom. The zero-order valence-electron chi connectivity index (χ0n) is 7.23. The van der Waals surface area contributed by atoms with Crippen LogP contribution >= 0.6 is 11.8 Å². The van der Waals surface area contributed by atoms with Crippen LogP contribution in [0.5, 0.6) is 0 Å². The zero-order chi connectivity index (χ0) is 8.16. The Kier molecular flexibility index (Phi) is 3.69. The second kappa shape index (κ2) is 4.33. The van der Waals surface area contributed by atoms with E-state index < -0.39 is 0 Å². The van der Waals surface area contributed by atoms with Gasteiger partial charge in [0.25, 0.3) is 0 Å². The van der Waals surface area contributed by atoms with E-state index in [9.17, 15) is 0 Å². The first-order valence-corrected chi connectivity index (χ1v) is 5.30. The maximum Gasteiger partial charge on any atom is 0.0256 e. The van der Waals surface area contributed by atoms with Gasteiger partial charge >= 0.3 is 0 Å². The Bertz CT molecular complexity index is 111. The van der Waals surface area contributed by atoms with Crippen molar-refractivity contribution in [1.29, 1.82) is 0 Å². The number of rotatable bonds is 4. The molecule has 1 aliphatic heterocycles. The number of hydrogen-bond donors (Lipinski definition) is 2. The van der Waals surface area contributed by atoms with Gasteiger partial charge in [-0.3, -0.25) is 0 Å². The lowest BCUT2D eigenvalue weighted by molar-refractivity contribution is 0.541. The van der Waals surface area contributed by atoms with Crippen LogP contribution in [0, 0.1) is 0 Å². The van der Waals surface area contributed by atoms with Crippen LogP contribution in [-0.2, 0) is 0 Å². The third kappa shape index (κ3) is 3.01. The van der Waals surface area contributed by atoms with Crippen molar-refractivity contribution in [1.82, 2.24) is 5.32 Å². The molecule has 1 rings (SSSR count). The Labute approximate surface area is 73.3 Å². The molecule has 0 radical (unpaired) electrons. The maximum atomic E-state index is 5.39. The molecule has 1 saturated heterocycles. The standard InChI is InChI=1S/C8H18N2S/c1-8(3-2-6-11-8)7-10-5-4-9/h10H,2-7,9H2,1H3. The molecule has 0 aromatic carbocycles. The molecule has 0 spiro atoms. The Morgan fingerprint density at radius 1 is 1.64 bits per heavy atom. The summed E-state index contributed by atoms with van der Waals surface area (Å²) in [6, 6.07) is 0. The molecule has 3 heteroatoms. The monoisotopic (exact) mass is 174 g/mol. The molecule has 3 N–H and O–H groups in total. The summed E-state index contributed by atoms with van der Waals surface area (Å²) in [6.07, 6.45) is 2.74.